The number of amides is 1. The summed E-state index contributed by atoms with van der Waals surface area (Å²) in [6.45, 7) is 5.10. The molecule has 126 valence electrons. The molecule has 1 atom stereocenters. The first-order valence-corrected chi connectivity index (χ1v) is 8.71. The molecule has 0 saturated carbocycles. The van der Waals surface area contributed by atoms with Gasteiger partial charge < -0.3 is 15.5 Å². The first-order chi connectivity index (χ1) is 11.2. The molecule has 2 saturated heterocycles. The van der Waals surface area contributed by atoms with Crippen LogP contribution in [0.2, 0.25) is 0 Å². The van der Waals surface area contributed by atoms with Crippen molar-refractivity contribution in [2.45, 2.75) is 24.9 Å². The van der Waals surface area contributed by atoms with Crippen molar-refractivity contribution in [1.82, 2.24) is 20.4 Å². The summed E-state index contributed by atoms with van der Waals surface area (Å²) in [4.78, 5) is 16.9. The number of piperidine rings is 1. The van der Waals surface area contributed by atoms with E-state index in [0.29, 0.717) is 12.6 Å². The summed E-state index contributed by atoms with van der Waals surface area (Å²) in [5, 5.41) is 6.90. The van der Waals surface area contributed by atoms with Gasteiger partial charge in [0.15, 0.2) is 0 Å². The van der Waals surface area contributed by atoms with Gasteiger partial charge in [-0.3, -0.25) is 9.69 Å². The molecule has 23 heavy (non-hydrogen) atoms. The van der Waals surface area contributed by atoms with Gasteiger partial charge in [0, 0.05) is 31.7 Å². The third-order valence-corrected chi connectivity index (χ3v) is 5.05. The highest BCUT2D eigenvalue weighted by Gasteiger charge is 2.26. The molecule has 2 heterocycles. The second kappa shape index (κ2) is 7.90. The maximum atomic E-state index is 12.7. The molecule has 0 aromatic heterocycles. The molecule has 2 aliphatic rings. The van der Waals surface area contributed by atoms with Gasteiger partial charge >= 0.3 is 0 Å². The van der Waals surface area contributed by atoms with Gasteiger partial charge in [-0.25, -0.2) is 0 Å². The molecular weight excluding hydrogens is 288 g/mol. The van der Waals surface area contributed by atoms with E-state index in [0.717, 1.165) is 45.6 Å². The Bertz CT molecular complexity index is 501. The van der Waals surface area contributed by atoms with E-state index in [4.69, 9.17) is 0 Å². The van der Waals surface area contributed by atoms with Gasteiger partial charge in [0.2, 0.25) is 5.91 Å². The summed E-state index contributed by atoms with van der Waals surface area (Å²) in [5.41, 5.74) is 1.26. The lowest BCUT2D eigenvalue weighted by atomic mass is 10.0. The van der Waals surface area contributed by atoms with E-state index in [1.165, 1.54) is 5.56 Å². The average Bonchev–Trinajstić information content (AvgIpc) is 2.63. The highest BCUT2D eigenvalue weighted by atomic mass is 16.2. The summed E-state index contributed by atoms with van der Waals surface area (Å²) in [7, 11) is 2.09. The lowest BCUT2D eigenvalue weighted by molar-refractivity contribution is -0.134. The van der Waals surface area contributed by atoms with Crippen molar-refractivity contribution in [1.29, 1.82) is 0 Å². The minimum atomic E-state index is 0.248. The Balaban J connectivity index is 1.54. The van der Waals surface area contributed by atoms with E-state index < -0.39 is 0 Å². The van der Waals surface area contributed by atoms with Crippen molar-refractivity contribution < 1.29 is 4.79 Å². The topological polar surface area (TPSA) is 47.6 Å². The second-order valence-corrected chi connectivity index (χ2v) is 6.65. The quantitative estimate of drug-likeness (QED) is 0.864. The fourth-order valence-electron chi connectivity index (χ4n) is 3.57. The number of carbonyl (C=O) groups excluding carboxylic acids is 1. The lowest BCUT2D eigenvalue weighted by Crippen LogP contribution is -2.52. The van der Waals surface area contributed by atoms with Crippen LogP contribution in [0.3, 0.4) is 0 Å². The molecule has 2 N–H and O–H groups in total. The van der Waals surface area contributed by atoms with E-state index in [1.54, 1.807) is 0 Å². The van der Waals surface area contributed by atoms with Crippen LogP contribution in [0.1, 0.15) is 24.4 Å². The van der Waals surface area contributed by atoms with Crippen LogP contribution in [0, 0.1) is 0 Å². The zero-order valence-electron chi connectivity index (χ0n) is 14.0. The number of likely N-dealkylation sites (N-methyl/N-ethyl adjacent to an activating group) is 1. The third-order valence-electron chi connectivity index (χ3n) is 5.05. The standard InChI is InChI=1S/C18H28N4O/c1-21(16-7-9-19-10-8-16)14-18(23)22-12-11-20-17(13-22)15-5-3-2-4-6-15/h2-6,16-17,19-20H,7-14H2,1H3/t17-/m0/s1. The Labute approximate surface area is 139 Å². The van der Waals surface area contributed by atoms with E-state index in [2.05, 4.69) is 46.8 Å². The van der Waals surface area contributed by atoms with E-state index >= 15 is 0 Å². The monoisotopic (exact) mass is 316 g/mol. The predicted octanol–water partition coefficient (Wildman–Crippen LogP) is 0.843. The van der Waals surface area contributed by atoms with Crippen LogP contribution in [-0.4, -0.2) is 68.1 Å². The van der Waals surface area contributed by atoms with Crippen LogP contribution in [0.5, 0.6) is 0 Å². The number of rotatable bonds is 4. The third kappa shape index (κ3) is 4.31. The van der Waals surface area contributed by atoms with Gasteiger partial charge in [-0.15, -0.1) is 0 Å². The van der Waals surface area contributed by atoms with Crippen LogP contribution in [0.15, 0.2) is 30.3 Å². The Morgan fingerprint density at radius 3 is 2.70 bits per heavy atom. The Morgan fingerprint density at radius 2 is 1.96 bits per heavy atom. The normalized spacial score (nSPS) is 23.2. The number of hydrogen-bond acceptors (Lipinski definition) is 4. The van der Waals surface area contributed by atoms with Crippen LogP contribution < -0.4 is 10.6 Å². The maximum Gasteiger partial charge on any atom is 0.236 e. The average molecular weight is 316 g/mol. The molecule has 5 heteroatoms. The van der Waals surface area contributed by atoms with Gasteiger partial charge in [0.25, 0.3) is 0 Å². The Morgan fingerprint density at radius 1 is 1.22 bits per heavy atom. The number of piperazine rings is 1. The SMILES string of the molecule is CN(CC(=O)N1CCN[C@H](c2ccccc2)C1)C1CCNCC1. The predicted molar refractivity (Wildman–Crippen MR) is 92.3 cm³/mol. The summed E-state index contributed by atoms with van der Waals surface area (Å²) in [6, 6.07) is 11.2. The summed E-state index contributed by atoms with van der Waals surface area (Å²) in [5.74, 6) is 0.258. The lowest BCUT2D eigenvalue weighted by Gasteiger charge is -2.36. The van der Waals surface area contributed by atoms with Crippen molar-refractivity contribution >= 4 is 5.91 Å². The molecule has 1 amide bonds. The molecule has 2 fully saturated rings. The van der Waals surface area contributed by atoms with Gasteiger partial charge in [-0.2, -0.15) is 0 Å². The van der Waals surface area contributed by atoms with Gasteiger partial charge in [-0.1, -0.05) is 30.3 Å². The van der Waals surface area contributed by atoms with Crippen molar-refractivity contribution in [3.05, 3.63) is 35.9 Å². The summed E-state index contributed by atoms with van der Waals surface area (Å²) >= 11 is 0. The van der Waals surface area contributed by atoms with Crippen LogP contribution in [0.4, 0.5) is 0 Å². The Hall–Kier alpha value is -1.43. The molecule has 3 rings (SSSR count). The van der Waals surface area contributed by atoms with Crippen LogP contribution >= 0.6 is 0 Å². The van der Waals surface area contributed by atoms with E-state index in [1.807, 2.05) is 11.0 Å². The molecule has 1 aromatic carbocycles. The minimum absolute atomic E-state index is 0.248. The van der Waals surface area contributed by atoms with Gasteiger partial charge in [-0.05, 0) is 38.5 Å². The zero-order valence-corrected chi connectivity index (χ0v) is 14.0. The molecule has 0 spiro atoms. The highest BCUT2D eigenvalue weighted by Crippen LogP contribution is 2.17. The van der Waals surface area contributed by atoms with Crippen molar-refractivity contribution in [2.24, 2.45) is 0 Å². The van der Waals surface area contributed by atoms with E-state index in [-0.39, 0.29) is 11.9 Å². The fourth-order valence-corrected chi connectivity index (χ4v) is 3.57. The Kier molecular flexibility index (Phi) is 5.65. The smallest absolute Gasteiger partial charge is 0.236 e. The number of benzene rings is 1. The second-order valence-electron chi connectivity index (χ2n) is 6.65. The largest absolute Gasteiger partial charge is 0.338 e. The zero-order chi connectivity index (χ0) is 16.1. The number of nitrogens with one attached hydrogen (secondary N) is 2. The molecule has 0 unspecified atom stereocenters. The molecule has 5 nitrogen and oxygen atoms in total. The molecule has 2 aliphatic heterocycles. The molecular formula is C18H28N4O. The number of nitrogens with zero attached hydrogens (tertiary/aromatic N) is 2. The highest BCUT2D eigenvalue weighted by molar-refractivity contribution is 5.78. The molecule has 1 aromatic rings. The van der Waals surface area contributed by atoms with Gasteiger partial charge in [0.1, 0.15) is 0 Å². The van der Waals surface area contributed by atoms with Gasteiger partial charge in [0.05, 0.1) is 6.54 Å². The fraction of sp³-hybridized carbons (Fsp3) is 0.611. The number of carbonyl (C=O) groups is 1. The first kappa shape index (κ1) is 16.4. The van der Waals surface area contributed by atoms with Crippen LogP contribution in [0.25, 0.3) is 0 Å². The van der Waals surface area contributed by atoms with Crippen molar-refractivity contribution in [3.63, 3.8) is 0 Å². The number of hydrogen-bond donors (Lipinski definition) is 2. The first-order valence-electron chi connectivity index (χ1n) is 8.71. The molecule has 0 bridgehead atoms. The summed E-state index contributed by atoms with van der Waals surface area (Å²) < 4.78 is 0. The van der Waals surface area contributed by atoms with Crippen LogP contribution in [-0.2, 0) is 4.79 Å². The minimum Gasteiger partial charge on any atom is -0.338 e. The molecule has 0 aliphatic carbocycles. The molecule has 0 radical (unpaired) electrons. The summed E-state index contributed by atoms with van der Waals surface area (Å²) in [6.07, 6.45) is 2.27. The maximum absolute atomic E-state index is 12.7. The van der Waals surface area contributed by atoms with Crippen molar-refractivity contribution in [2.75, 3.05) is 46.3 Å². The van der Waals surface area contributed by atoms with Crippen molar-refractivity contribution in [3.8, 4) is 0 Å². The van der Waals surface area contributed by atoms with E-state index in [9.17, 15) is 4.79 Å².